The highest BCUT2D eigenvalue weighted by Crippen LogP contribution is 2.20. The summed E-state index contributed by atoms with van der Waals surface area (Å²) in [6.45, 7) is 8.26. The molecule has 0 aromatic heterocycles. The Morgan fingerprint density at radius 2 is 1.70 bits per heavy atom. The maximum Gasteiger partial charge on any atom is 0.220 e. The van der Waals surface area contributed by atoms with Gasteiger partial charge in [-0.3, -0.25) is 4.79 Å². The Balaban J connectivity index is 2.44. The molecule has 1 N–H and O–H groups in total. The van der Waals surface area contributed by atoms with Gasteiger partial charge in [0.2, 0.25) is 5.91 Å². The molecule has 2 aromatic carbocycles. The molecule has 2 rings (SSSR count). The molecule has 0 aliphatic rings. The minimum absolute atomic E-state index is 0.000496. The summed E-state index contributed by atoms with van der Waals surface area (Å²) in [5.74, 6) is -0.000496. The summed E-state index contributed by atoms with van der Waals surface area (Å²) in [6, 6.07) is 14.7. The van der Waals surface area contributed by atoms with Gasteiger partial charge in [0.05, 0.1) is 8.07 Å². The first kappa shape index (κ1) is 14.5. The zero-order valence-corrected chi connectivity index (χ0v) is 13.5. The molecular weight excluding hydrogens is 262 g/mol. The van der Waals surface area contributed by atoms with Crippen LogP contribution in [-0.4, -0.2) is 14.0 Å². The molecule has 0 saturated carbocycles. The van der Waals surface area contributed by atoms with Crippen LogP contribution in [0.1, 0.15) is 12.5 Å². The largest absolute Gasteiger partial charge is 0.334 e. The van der Waals surface area contributed by atoms with Crippen molar-refractivity contribution >= 4 is 30.8 Å². The van der Waals surface area contributed by atoms with Crippen molar-refractivity contribution in [3.63, 3.8) is 0 Å². The number of amides is 1. The van der Waals surface area contributed by atoms with E-state index >= 15 is 0 Å². The Kier molecular flexibility index (Phi) is 4.09. The van der Waals surface area contributed by atoms with Gasteiger partial charge in [-0.15, -0.1) is 0 Å². The fourth-order valence-corrected chi connectivity index (χ4v) is 3.24. The predicted molar refractivity (Wildman–Crippen MR) is 89.1 cm³/mol. The molecular formula is C17H21NOSi. The Hall–Kier alpha value is -1.87. The van der Waals surface area contributed by atoms with Crippen molar-refractivity contribution in [1.82, 2.24) is 5.32 Å². The highest BCUT2D eigenvalue weighted by Gasteiger charge is 2.20. The number of nitrogens with one attached hydrogen (secondary N) is 1. The number of fused-ring (bicyclic) bond motifs is 1. The molecule has 2 nitrogen and oxygen atoms in total. The van der Waals surface area contributed by atoms with Gasteiger partial charge in [0.15, 0.2) is 0 Å². The first-order valence-corrected chi connectivity index (χ1v) is 10.3. The van der Waals surface area contributed by atoms with Gasteiger partial charge in [-0.2, -0.15) is 0 Å². The van der Waals surface area contributed by atoms with Crippen LogP contribution < -0.4 is 5.32 Å². The van der Waals surface area contributed by atoms with Crippen molar-refractivity contribution < 1.29 is 4.79 Å². The van der Waals surface area contributed by atoms with Crippen LogP contribution in [0, 0.1) is 0 Å². The molecule has 20 heavy (non-hydrogen) atoms. The van der Waals surface area contributed by atoms with Crippen molar-refractivity contribution in [2.45, 2.75) is 26.6 Å². The zero-order chi connectivity index (χ0) is 14.8. The zero-order valence-electron chi connectivity index (χ0n) is 12.5. The molecule has 2 aromatic rings. The van der Waals surface area contributed by atoms with Crippen molar-refractivity contribution in [3.05, 3.63) is 53.3 Å². The molecule has 0 atom stereocenters. The van der Waals surface area contributed by atoms with E-state index in [4.69, 9.17) is 0 Å². The van der Waals surface area contributed by atoms with Crippen LogP contribution in [0.3, 0.4) is 0 Å². The molecule has 3 heteroatoms. The van der Waals surface area contributed by atoms with E-state index in [0.29, 0.717) is 0 Å². The summed E-state index contributed by atoms with van der Waals surface area (Å²) in [4.78, 5) is 11.4. The van der Waals surface area contributed by atoms with E-state index in [2.05, 4.69) is 61.4 Å². The third-order valence-electron chi connectivity index (χ3n) is 3.20. The fraction of sp³-hybridized carbons (Fsp3) is 0.235. The van der Waals surface area contributed by atoms with E-state index in [-0.39, 0.29) is 5.91 Å². The molecule has 0 heterocycles. The molecule has 0 saturated heterocycles. The smallest absolute Gasteiger partial charge is 0.220 e. The average molecular weight is 283 g/mol. The summed E-state index contributed by atoms with van der Waals surface area (Å²) in [5, 5.41) is 6.53. The first-order chi connectivity index (χ1) is 9.36. The lowest BCUT2D eigenvalue weighted by Gasteiger charge is -2.21. The van der Waals surface area contributed by atoms with Gasteiger partial charge in [0, 0.05) is 12.2 Å². The van der Waals surface area contributed by atoms with Crippen molar-refractivity contribution in [2.24, 2.45) is 0 Å². The average Bonchev–Trinajstić information content (AvgIpc) is 2.36. The lowest BCUT2D eigenvalue weighted by molar-refractivity contribution is -0.118. The number of carbonyl (C=O) groups is 1. The molecule has 0 radical (unpaired) electrons. The number of hydrogen-bond acceptors (Lipinski definition) is 1. The molecule has 0 spiro atoms. The maximum atomic E-state index is 11.4. The van der Waals surface area contributed by atoms with Gasteiger partial charge in [-0.05, 0) is 28.5 Å². The van der Waals surface area contributed by atoms with E-state index in [1.807, 2.05) is 12.1 Å². The van der Waals surface area contributed by atoms with Crippen LogP contribution in [-0.2, 0) is 4.79 Å². The van der Waals surface area contributed by atoms with E-state index in [9.17, 15) is 4.79 Å². The minimum atomic E-state index is -1.57. The molecule has 0 unspecified atom stereocenters. The monoisotopic (exact) mass is 283 g/mol. The van der Waals surface area contributed by atoms with Crippen LogP contribution in [0.15, 0.2) is 47.8 Å². The second-order valence-electron chi connectivity index (χ2n) is 6.10. The standard InChI is InChI=1S/C17H21NOSi/c1-13(19)18-17(20(2,3)4)12-14-9-10-15-7-5-6-8-16(15)11-14/h5-12H,1-4H3,(H,18,19)/b17-12-. The van der Waals surface area contributed by atoms with Crippen molar-refractivity contribution in [3.8, 4) is 0 Å². The molecule has 0 aliphatic heterocycles. The lowest BCUT2D eigenvalue weighted by atomic mass is 10.1. The van der Waals surface area contributed by atoms with E-state index in [0.717, 1.165) is 10.9 Å². The topological polar surface area (TPSA) is 29.1 Å². The van der Waals surface area contributed by atoms with Gasteiger partial charge in [-0.1, -0.05) is 56.0 Å². The minimum Gasteiger partial charge on any atom is -0.334 e. The summed E-state index contributed by atoms with van der Waals surface area (Å²) in [5.41, 5.74) is 1.13. The van der Waals surface area contributed by atoms with Crippen molar-refractivity contribution in [1.29, 1.82) is 0 Å². The third kappa shape index (κ3) is 3.58. The summed E-state index contributed by atoms with van der Waals surface area (Å²) < 4.78 is 0. The van der Waals surface area contributed by atoms with Crippen LogP contribution in [0.5, 0.6) is 0 Å². The van der Waals surface area contributed by atoms with E-state index < -0.39 is 8.07 Å². The van der Waals surface area contributed by atoms with Gasteiger partial charge in [0.1, 0.15) is 0 Å². The number of benzene rings is 2. The Bertz CT molecular complexity index is 668. The summed E-state index contributed by atoms with van der Waals surface area (Å²) in [7, 11) is -1.57. The second-order valence-corrected chi connectivity index (χ2v) is 11.1. The van der Waals surface area contributed by atoms with Crippen molar-refractivity contribution in [2.75, 3.05) is 0 Å². The van der Waals surface area contributed by atoms with E-state index in [1.165, 1.54) is 10.8 Å². The lowest BCUT2D eigenvalue weighted by Crippen LogP contribution is -2.36. The highest BCUT2D eigenvalue weighted by atomic mass is 28.3. The molecule has 1 amide bonds. The normalized spacial score (nSPS) is 12.5. The Morgan fingerprint density at radius 3 is 2.30 bits per heavy atom. The SMILES string of the molecule is CC(=O)N/C(=C/c1ccc2ccccc2c1)[Si](C)(C)C. The molecule has 0 aliphatic carbocycles. The number of rotatable bonds is 3. The number of hydrogen-bond donors (Lipinski definition) is 1. The molecule has 0 bridgehead atoms. The second kappa shape index (κ2) is 5.63. The van der Waals surface area contributed by atoms with Crippen LogP contribution in [0.2, 0.25) is 19.6 Å². The number of carbonyl (C=O) groups excluding carboxylic acids is 1. The third-order valence-corrected chi connectivity index (χ3v) is 5.09. The van der Waals surface area contributed by atoms with Crippen LogP contribution in [0.25, 0.3) is 16.8 Å². The summed E-state index contributed by atoms with van der Waals surface area (Å²) >= 11 is 0. The van der Waals surface area contributed by atoms with Gasteiger partial charge in [0.25, 0.3) is 0 Å². The predicted octanol–water partition coefficient (Wildman–Crippen LogP) is 4.19. The van der Waals surface area contributed by atoms with Gasteiger partial charge < -0.3 is 5.32 Å². The fourth-order valence-electron chi connectivity index (χ4n) is 2.09. The van der Waals surface area contributed by atoms with Gasteiger partial charge >= 0.3 is 0 Å². The quantitative estimate of drug-likeness (QED) is 0.841. The first-order valence-electron chi connectivity index (χ1n) is 6.85. The maximum absolute atomic E-state index is 11.4. The van der Waals surface area contributed by atoms with E-state index in [1.54, 1.807) is 6.92 Å². The molecule has 0 fully saturated rings. The Labute approximate surface area is 121 Å². The highest BCUT2D eigenvalue weighted by molar-refractivity contribution is 6.83. The molecule has 104 valence electrons. The van der Waals surface area contributed by atoms with Gasteiger partial charge in [-0.25, -0.2) is 0 Å². The Morgan fingerprint density at radius 1 is 1.05 bits per heavy atom. The van der Waals surface area contributed by atoms with Crippen LogP contribution >= 0.6 is 0 Å². The summed E-state index contributed by atoms with van der Waals surface area (Å²) in [6.07, 6.45) is 2.11. The van der Waals surface area contributed by atoms with Crippen LogP contribution in [0.4, 0.5) is 0 Å².